The topological polar surface area (TPSA) is 79.4 Å². The van der Waals surface area contributed by atoms with E-state index in [2.05, 4.69) is 10.3 Å². The summed E-state index contributed by atoms with van der Waals surface area (Å²) >= 11 is 1.57. The Balaban J connectivity index is 1.54. The van der Waals surface area contributed by atoms with Gasteiger partial charge in [-0.15, -0.1) is 11.3 Å². The van der Waals surface area contributed by atoms with Crippen molar-refractivity contribution in [3.63, 3.8) is 0 Å². The average Bonchev–Trinajstić information content (AvgIpc) is 3.32. The molecule has 0 spiro atoms. The summed E-state index contributed by atoms with van der Waals surface area (Å²) in [6, 6.07) is 6.73. The highest BCUT2D eigenvalue weighted by Gasteiger charge is 2.26. The summed E-state index contributed by atoms with van der Waals surface area (Å²) in [4.78, 5) is 16.7. The largest absolute Gasteiger partial charge is 0.352 e. The van der Waals surface area contributed by atoms with Gasteiger partial charge in [-0.05, 0) is 37.0 Å². The van der Waals surface area contributed by atoms with Crippen LogP contribution in [0.4, 0.5) is 0 Å². The number of aryl methyl sites for hydroxylation is 1. The van der Waals surface area contributed by atoms with E-state index in [4.69, 9.17) is 0 Å². The van der Waals surface area contributed by atoms with Crippen molar-refractivity contribution in [2.24, 2.45) is 0 Å². The van der Waals surface area contributed by atoms with E-state index in [-0.39, 0.29) is 12.3 Å². The zero-order valence-corrected chi connectivity index (χ0v) is 16.4. The lowest BCUT2D eigenvalue weighted by molar-refractivity contribution is -0.120. The highest BCUT2D eigenvalue weighted by atomic mass is 32.2. The Morgan fingerprint density at radius 1 is 1.23 bits per heavy atom. The Morgan fingerprint density at radius 3 is 2.54 bits per heavy atom. The third kappa shape index (κ3) is 4.49. The van der Waals surface area contributed by atoms with Gasteiger partial charge in [0.2, 0.25) is 15.9 Å². The Hall–Kier alpha value is -1.77. The summed E-state index contributed by atoms with van der Waals surface area (Å²) in [7, 11) is -3.39. The maximum atomic E-state index is 12.5. The molecule has 1 saturated heterocycles. The molecule has 2 heterocycles. The third-order valence-corrected chi connectivity index (χ3v) is 7.31. The number of thiazole rings is 1. The first-order valence-corrected chi connectivity index (χ1v) is 11.1. The number of sulfonamides is 1. The molecule has 0 saturated carbocycles. The molecule has 1 aromatic heterocycles. The van der Waals surface area contributed by atoms with Crippen molar-refractivity contribution in [3.8, 4) is 0 Å². The number of benzene rings is 1. The first-order chi connectivity index (χ1) is 12.5. The van der Waals surface area contributed by atoms with Gasteiger partial charge in [0.15, 0.2) is 0 Å². The van der Waals surface area contributed by atoms with Crippen LogP contribution in [0, 0.1) is 0 Å². The number of nitrogens with zero attached hydrogens (tertiary/aromatic N) is 2. The van der Waals surface area contributed by atoms with E-state index in [1.165, 1.54) is 4.31 Å². The number of aromatic nitrogens is 1. The molecule has 0 radical (unpaired) electrons. The van der Waals surface area contributed by atoms with Crippen LogP contribution in [-0.4, -0.2) is 36.7 Å². The van der Waals surface area contributed by atoms with Gasteiger partial charge in [-0.2, -0.15) is 4.31 Å². The van der Waals surface area contributed by atoms with Crippen LogP contribution in [0.1, 0.15) is 36.0 Å². The molecule has 140 valence electrons. The van der Waals surface area contributed by atoms with Crippen molar-refractivity contribution in [1.82, 2.24) is 14.6 Å². The molecule has 1 aromatic carbocycles. The first-order valence-electron chi connectivity index (χ1n) is 8.78. The zero-order valence-electron chi connectivity index (χ0n) is 14.8. The molecule has 0 aliphatic carbocycles. The molecule has 0 bridgehead atoms. The molecule has 3 rings (SSSR count). The summed E-state index contributed by atoms with van der Waals surface area (Å²) in [5.74, 6) is -0.0910. The van der Waals surface area contributed by atoms with E-state index in [0.717, 1.165) is 35.5 Å². The number of hydrogen-bond acceptors (Lipinski definition) is 5. The van der Waals surface area contributed by atoms with Crippen LogP contribution < -0.4 is 5.32 Å². The summed E-state index contributed by atoms with van der Waals surface area (Å²) < 4.78 is 26.5. The SMILES string of the molecule is CCc1nc(CC(=O)NCc2ccc(S(=O)(=O)N3CCCC3)cc2)cs1. The van der Waals surface area contributed by atoms with Gasteiger partial charge in [-0.25, -0.2) is 13.4 Å². The van der Waals surface area contributed by atoms with Crippen LogP contribution in [0.15, 0.2) is 34.5 Å². The van der Waals surface area contributed by atoms with E-state index in [0.29, 0.717) is 24.5 Å². The van der Waals surface area contributed by atoms with Gasteiger partial charge in [0, 0.05) is 25.0 Å². The number of amides is 1. The second-order valence-corrected chi connectivity index (χ2v) is 9.18. The van der Waals surface area contributed by atoms with Gasteiger partial charge in [0.05, 0.1) is 22.0 Å². The quantitative estimate of drug-likeness (QED) is 0.783. The van der Waals surface area contributed by atoms with Crippen LogP contribution in [0.2, 0.25) is 0 Å². The van der Waals surface area contributed by atoms with E-state index in [1.807, 2.05) is 12.3 Å². The molecule has 1 aliphatic heterocycles. The second-order valence-electron chi connectivity index (χ2n) is 6.29. The van der Waals surface area contributed by atoms with E-state index < -0.39 is 10.0 Å². The highest BCUT2D eigenvalue weighted by Crippen LogP contribution is 2.21. The van der Waals surface area contributed by atoms with E-state index in [1.54, 1.807) is 35.6 Å². The Morgan fingerprint density at radius 2 is 1.92 bits per heavy atom. The van der Waals surface area contributed by atoms with Gasteiger partial charge in [0.1, 0.15) is 0 Å². The second kappa shape index (κ2) is 8.28. The standard InChI is InChI=1S/C18H23N3O3S2/c1-2-18-20-15(13-25-18)11-17(22)19-12-14-5-7-16(8-6-14)26(23,24)21-9-3-4-10-21/h5-8,13H,2-4,9-12H2,1H3,(H,19,22). The Kier molecular flexibility index (Phi) is 6.05. The molecule has 2 aromatic rings. The third-order valence-electron chi connectivity index (χ3n) is 4.36. The predicted octanol–water partition coefficient (Wildman–Crippen LogP) is 2.35. The molecular formula is C18H23N3O3S2. The lowest BCUT2D eigenvalue weighted by atomic mass is 10.2. The predicted molar refractivity (Wildman–Crippen MR) is 101 cm³/mol. The molecule has 8 heteroatoms. The normalized spacial score (nSPS) is 15.3. The molecule has 1 fully saturated rings. The minimum atomic E-state index is -3.39. The summed E-state index contributed by atoms with van der Waals surface area (Å²) in [6.45, 7) is 3.59. The smallest absolute Gasteiger partial charge is 0.243 e. The number of hydrogen-bond donors (Lipinski definition) is 1. The Labute approximate surface area is 158 Å². The maximum Gasteiger partial charge on any atom is 0.243 e. The van der Waals surface area contributed by atoms with Crippen molar-refractivity contribution >= 4 is 27.3 Å². The molecule has 1 N–H and O–H groups in total. The fourth-order valence-corrected chi connectivity index (χ4v) is 5.14. The minimum absolute atomic E-state index is 0.0910. The van der Waals surface area contributed by atoms with Crippen molar-refractivity contribution in [3.05, 3.63) is 45.9 Å². The van der Waals surface area contributed by atoms with Crippen LogP contribution in [0.25, 0.3) is 0 Å². The van der Waals surface area contributed by atoms with Crippen LogP contribution in [-0.2, 0) is 34.2 Å². The number of carbonyl (C=O) groups excluding carboxylic acids is 1. The number of carbonyl (C=O) groups is 1. The summed E-state index contributed by atoms with van der Waals surface area (Å²) in [5, 5.41) is 5.80. The molecular weight excluding hydrogens is 370 g/mol. The van der Waals surface area contributed by atoms with Gasteiger partial charge >= 0.3 is 0 Å². The van der Waals surface area contributed by atoms with Gasteiger partial charge in [0.25, 0.3) is 0 Å². The zero-order chi connectivity index (χ0) is 18.6. The van der Waals surface area contributed by atoms with Gasteiger partial charge in [-0.3, -0.25) is 4.79 Å². The van der Waals surface area contributed by atoms with Crippen LogP contribution >= 0.6 is 11.3 Å². The fourth-order valence-electron chi connectivity index (χ4n) is 2.88. The molecule has 26 heavy (non-hydrogen) atoms. The number of rotatable bonds is 7. The summed E-state index contributed by atoms with van der Waals surface area (Å²) in [5.41, 5.74) is 1.66. The van der Waals surface area contributed by atoms with Crippen molar-refractivity contribution < 1.29 is 13.2 Å². The number of nitrogens with one attached hydrogen (secondary N) is 1. The fraction of sp³-hybridized carbons (Fsp3) is 0.444. The van der Waals surface area contributed by atoms with E-state index in [9.17, 15) is 13.2 Å². The molecule has 6 nitrogen and oxygen atoms in total. The van der Waals surface area contributed by atoms with Crippen molar-refractivity contribution in [1.29, 1.82) is 0 Å². The Bertz CT molecular complexity index is 854. The first kappa shape index (κ1) is 19.0. The highest BCUT2D eigenvalue weighted by molar-refractivity contribution is 7.89. The summed E-state index contributed by atoms with van der Waals surface area (Å²) in [6.07, 6.45) is 2.97. The van der Waals surface area contributed by atoms with E-state index >= 15 is 0 Å². The lowest BCUT2D eigenvalue weighted by Gasteiger charge is -2.15. The minimum Gasteiger partial charge on any atom is -0.352 e. The molecule has 0 unspecified atom stereocenters. The van der Waals surface area contributed by atoms with Gasteiger partial charge in [-0.1, -0.05) is 19.1 Å². The molecule has 1 aliphatic rings. The maximum absolute atomic E-state index is 12.5. The monoisotopic (exact) mass is 393 g/mol. The van der Waals surface area contributed by atoms with Crippen LogP contribution in [0.5, 0.6) is 0 Å². The average molecular weight is 394 g/mol. The van der Waals surface area contributed by atoms with Crippen molar-refractivity contribution in [2.75, 3.05) is 13.1 Å². The lowest BCUT2D eigenvalue weighted by Crippen LogP contribution is -2.28. The van der Waals surface area contributed by atoms with Crippen LogP contribution in [0.3, 0.4) is 0 Å². The van der Waals surface area contributed by atoms with Gasteiger partial charge < -0.3 is 5.32 Å². The van der Waals surface area contributed by atoms with Crippen molar-refractivity contribution in [2.45, 2.75) is 44.0 Å². The molecule has 0 atom stereocenters. The molecule has 1 amide bonds.